The molecule has 0 unspecified atom stereocenters. The van der Waals surface area contributed by atoms with E-state index >= 15 is 0 Å². The summed E-state index contributed by atoms with van der Waals surface area (Å²) in [5, 5.41) is 2.68. The Morgan fingerprint density at radius 2 is 1.72 bits per heavy atom. The Bertz CT molecular complexity index is 944. The Morgan fingerprint density at radius 1 is 1.07 bits per heavy atom. The van der Waals surface area contributed by atoms with E-state index < -0.39 is 22.0 Å². The topological polar surface area (TPSA) is 84.5 Å². The molecule has 2 aromatic rings. The lowest BCUT2D eigenvalue weighted by Crippen LogP contribution is -2.50. The van der Waals surface area contributed by atoms with Gasteiger partial charge in [-0.15, -0.1) is 0 Å². The molecule has 0 radical (unpaired) electrons. The van der Waals surface area contributed by atoms with Crippen molar-refractivity contribution in [3.05, 3.63) is 59.4 Å². The smallest absolute Gasteiger partial charge is 0.241 e. The summed E-state index contributed by atoms with van der Waals surface area (Å²) in [6, 6.07) is 9.47. The number of hydrogen-bond acceptors (Lipinski definition) is 4. The number of nitrogens with one attached hydrogen (secondary N) is 2. The molecule has 0 saturated carbocycles. The van der Waals surface area contributed by atoms with Crippen LogP contribution in [0.5, 0.6) is 5.75 Å². The van der Waals surface area contributed by atoms with Crippen LogP contribution in [0.1, 0.15) is 25.0 Å². The van der Waals surface area contributed by atoms with E-state index in [4.69, 9.17) is 4.74 Å². The first-order valence-electron chi connectivity index (χ1n) is 9.36. The Labute approximate surface area is 171 Å². The molecule has 0 saturated heterocycles. The van der Waals surface area contributed by atoms with Crippen LogP contribution < -0.4 is 14.8 Å². The maximum atomic E-state index is 12.9. The van der Waals surface area contributed by atoms with Crippen molar-refractivity contribution in [3.63, 3.8) is 0 Å². The molecule has 1 atom stereocenters. The molecule has 0 heterocycles. The van der Waals surface area contributed by atoms with Crippen LogP contribution in [0.25, 0.3) is 0 Å². The minimum atomic E-state index is -3.84. The van der Waals surface area contributed by atoms with Crippen molar-refractivity contribution in [1.82, 2.24) is 10.0 Å². The fraction of sp³-hybridized carbons (Fsp3) is 0.381. The zero-order chi connectivity index (χ0) is 21.6. The Balaban J connectivity index is 1.96. The van der Waals surface area contributed by atoms with Crippen LogP contribution in [0.4, 0.5) is 4.39 Å². The van der Waals surface area contributed by atoms with Gasteiger partial charge in [0.25, 0.3) is 0 Å². The summed E-state index contributed by atoms with van der Waals surface area (Å²) >= 11 is 0. The monoisotopic (exact) mass is 422 g/mol. The number of carbonyl (C=O) groups excluding carboxylic acids is 1. The van der Waals surface area contributed by atoms with Gasteiger partial charge in [0.1, 0.15) is 24.2 Å². The lowest BCUT2D eigenvalue weighted by atomic mass is 10.1. The molecule has 2 rings (SSSR count). The first-order chi connectivity index (χ1) is 13.6. The molecule has 2 aromatic carbocycles. The van der Waals surface area contributed by atoms with Gasteiger partial charge < -0.3 is 10.1 Å². The summed E-state index contributed by atoms with van der Waals surface area (Å²) in [5.74, 6) is -0.567. The highest BCUT2D eigenvalue weighted by Crippen LogP contribution is 2.16. The summed E-state index contributed by atoms with van der Waals surface area (Å²) in [6.07, 6.45) is 0. The van der Waals surface area contributed by atoms with Gasteiger partial charge in [0.2, 0.25) is 15.9 Å². The van der Waals surface area contributed by atoms with Crippen LogP contribution in [0.3, 0.4) is 0 Å². The van der Waals surface area contributed by atoms with Gasteiger partial charge >= 0.3 is 0 Å². The molecule has 6 nitrogen and oxygen atoms in total. The van der Waals surface area contributed by atoms with Gasteiger partial charge in [-0.05, 0) is 67.3 Å². The molecule has 0 aliphatic heterocycles. The molecular weight excluding hydrogens is 395 g/mol. The number of benzene rings is 2. The second kappa shape index (κ2) is 9.84. The van der Waals surface area contributed by atoms with Crippen LogP contribution >= 0.6 is 0 Å². The standard InChI is InChI=1S/C21H27FN2O4S/c1-14(2)20(24-29(26,27)19-10-5-15(3)16(4)13-19)21(25)23-11-12-28-18-8-6-17(22)7-9-18/h5-10,13-14,20,24H,11-12H2,1-4H3,(H,23,25)/t20-/m0/s1. The number of ether oxygens (including phenoxy) is 1. The second-order valence-corrected chi connectivity index (χ2v) is 8.90. The Kier molecular flexibility index (Phi) is 7.75. The molecule has 0 fully saturated rings. The van der Waals surface area contributed by atoms with Gasteiger partial charge in [-0.25, -0.2) is 12.8 Å². The van der Waals surface area contributed by atoms with E-state index in [2.05, 4.69) is 10.0 Å². The number of aryl methyl sites for hydroxylation is 2. The summed E-state index contributed by atoms with van der Waals surface area (Å²) < 4.78 is 46.2. The van der Waals surface area contributed by atoms with Crippen LogP contribution in [-0.4, -0.2) is 33.5 Å². The summed E-state index contributed by atoms with van der Waals surface area (Å²) in [5.41, 5.74) is 1.85. The number of amides is 1. The van der Waals surface area contributed by atoms with Gasteiger partial charge in [-0.1, -0.05) is 19.9 Å². The van der Waals surface area contributed by atoms with Crippen LogP contribution in [0, 0.1) is 25.6 Å². The molecule has 0 aromatic heterocycles. The highest BCUT2D eigenvalue weighted by molar-refractivity contribution is 7.89. The molecule has 1 amide bonds. The van der Waals surface area contributed by atoms with Gasteiger partial charge in [-0.3, -0.25) is 4.79 Å². The minimum absolute atomic E-state index is 0.124. The number of halogens is 1. The zero-order valence-corrected chi connectivity index (χ0v) is 17.8. The van der Waals surface area contributed by atoms with E-state index in [1.54, 1.807) is 26.0 Å². The van der Waals surface area contributed by atoms with Crippen LogP contribution in [-0.2, 0) is 14.8 Å². The molecule has 2 N–H and O–H groups in total. The van der Waals surface area contributed by atoms with Gasteiger partial charge in [0, 0.05) is 0 Å². The van der Waals surface area contributed by atoms with Gasteiger partial charge in [0.05, 0.1) is 11.4 Å². The zero-order valence-electron chi connectivity index (χ0n) is 17.0. The van der Waals surface area contributed by atoms with Crippen molar-refractivity contribution < 1.29 is 22.3 Å². The fourth-order valence-corrected chi connectivity index (χ4v) is 4.02. The quantitative estimate of drug-likeness (QED) is 0.609. The highest BCUT2D eigenvalue weighted by Gasteiger charge is 2.28. The molecular formula is C21H27FN2O4S. The van der Waals surface area contributed by atoms with Crippen LogP contribution in [0.15, 0.2) is 47.4 Å². The normalized spacial score (nSPS) is 12.6. The van der Waals surface area contributed by atoms with Crippen molar-refractivity contribution in [3.8, 4) is 5.75 Å². The Morgan fingerprint density at radius 3 is 2.31 bits per heavy atom. The number of rotatable bonds is 9. The predicted molar refractivity (Wildman–Crippen MR) is 110 cm³/mol. The molecule has 0 aliphatic rings. The van der Waals surface area contributed by atoms with E-state index in [0.717, 1.165) is 11.1 Å². The van der Waals surface area contributed by atoms with Gasteiger partial charge in [0.15, 0.2) is 0 Å². The lowest BCUT2D eigenvalue weighted by Gasteiger charge is -2.22. The average Bonchev–Trinajstić information content (AvgIpc) is 2.66. The molecule has 0 spiro atoms. The van der Waals surface area contributed by atoms with Crippen molar-refractivity contribution >= 4 is 15.9 Å². The highest BCUT2D eigenvalue weighted by atomic mass is 32.2. The molecule has 29 heavy (non-hydrogen) atoms. The van der Waals surface area contributed by atoms with E-state index in [9.17, 15) is 17.6 Å². The number of hydrogen-bond donors (Lipinski definition) is 2. The van der Waals surface area contributed by atoms with E-state index in [-0.39, 0.29) is 29.8 Å². The fourth-order valence-electron chi connectivity index (χ4n) is 2.59. The predicted octanol–water partition coefficient (Wildman–Crippen LogP) is 2.94. The lowest BCUT2D eigenvalue weighted by molar-refractivity contribution is -0.123. The third-order valence-corrected chi connectivity index (χ3v) is 5.94. The van der Waals surface area contributed by atoms with Crippen molar-refractivity contribution in [2.45, 2.75) is 38.6 Å². The Hall–Kier alpha value is -2.45. The third-order valence-electron chi connectivity index (χ3n) is 4.50. The molecule has 8 heteroatoms. The van der Waals surface area contributed by atoms with E-state index in [1.807, 2.05) is 13.8 Å². The minimum Gasteiger partial charge on any atom is -0.492 e. The number of carbonyl (C=O) groups is 1. The van der Waals surface area contributed by atoms with Crippen LogP contribution in [0.2, 0.25) is 0 Å². The van der Waals surface area contributed by atoms with E-state index in [0.29, 0.717) is 5.75 Å². The number of sulfonamides is 1. The van der Waals surface area contributed by atoms with Crippen molar-refractivity contribution in [2.24, 2.45) is 5.92 Å². The average molecular weight is 423 g/mol. The first-order valence-corrected chi connectivity index (χ1v) is 10.8. The van der Waals surface area contributed by atoms with Crippen molar-refractivity contribution in [1.29, 1.82) is 0 Å². The maximum Gasteiger partial charge on any atom is 0.241 e. The van der Waals surface area contributed by atoms with E-state index in [1.165, 1.54) is 30.3 Å². The molecule has 158 valence electrons. The molecule has 0 bridgehead atoms. The van der Waals surface area contributed by atoms with Gasteiger partial charge in [-0.2, -0.15) is 4.72 Å². The van der Waals surface area contributed by atoms with Crippen molar-refractivity contribution in [2.75, 3.05) is 13.2 Å². The maximum absolute atomic E-state index is 12.9. The second-order valence-electron chi connectivity index (χ2n) is 7.18. The summed E-state index contributed by atoms with van der Waals surface area (Å²) in [4.78, 5) is 12.7. The first kappa shape index (κ1) is 22.8. The SMILES string of the molecule is Cc1ccc(S(=O)(=O)N[C@H](C(=O)NCCOc2ccc(F)cc2)C(C)C)cc1C. The largest absolute Gasteiger partial charge is 0.492 e. The molecule has 0 aliphatic carbocycles. The summed E-state index contributed by atoms with van der Waals surface area (Å²) in [7, 11) is -3.84. The third kappa shape index (κ3) is 6.54. The summed E-state index contributed by atoms with van der Waals surface area (Å²) in [6.45, 7) is 7.63.